The molecule has 0 aromatic heterocycles. The maximum atomic E-state index is 11.8. The fraction of sp³-hybridized carbons (Fsp3) is 0.364. The molecule has 3 rings (SSSR count). The van der Waals surface area contributed by atoms with Gasteiger partial charge in [-0.1, -0.05) is 0 Å². The van der Waals surface area contributed by atoms with E-state index in [1.807, 2.05) is 0 Å². The first kappa shape index (κ1) is 10.2. The highest BCUT2D eigenvalue weighted by Crippen LogP contribution is 2.34. The monoisotopic (exact) mass is 234 g/mol. The molecule has 1 aromatic carbocycles. The quantitative estimate of drug-likeness (QED) is 0.562. The van der Waals surface area contributed by atoms with Crippen LogP contribution in [-0.4, -0.2) is 30.1 Å². The summed E-state index contributed by atoms with van der Waals surface area (Å²) >= 11 is 0. The zero-order valence-electron chi connectivity index (χ0n) is 8.96. The predicted molar refractivity (Wildman–Crippen MR) is 58.9 cm³/mol. The van der Waals surface area contributed by atoms with E-state index in [2.05, 4.69) is 0 Å². The van der Waals surface area contributed by atoms with Crippen molar-refractivity contribution in [2.45, 2.75) is 12.5 Å². The van der Waals surface area contributed by atoms with Crippen LogP contribution in [0, 0.1) is 10.1 Å². The van der Waals surface area contributed by atoms with E-state index in [0.29, 0.717) is 13.2 Å². The third-order valence-corrected chi connectivity index (χ3v) is 3.13. The predicted octanol–water partition coefficient (Wildman–Crippen LogP) is 0.883. The van der Waals surface area contributed by atoms with E-state index < -0.39 is 4.92 Å². The first-order valence-corrected chi connectivity index (χ1v) is 5.34. The van der Waals surface area contributed by atoms with E-state index in [0.717, 1.165) is 11.3 Å². The van der Waals surface area contributed by atoms with Crippen LogP contribution in [0.25, 0.3) is 0 Å². The zero-order valence-corrected chi connectivity index (χ0v) is 8.96. The van der Waals surface area contributed by atoms with Crippen LogP contribution < -0.4 is 4.90 Å². The second-order valence-electron chi connectivity index (χ2n) is 4.20. The van der Waals surface area contributed by atoms with Crippen LogP contribution in [0.3, 0.4) is 0 Å². The Balaban J connectivity index is 1.99. The topological polar surface area (TPSA) is 72.7 Å². The Labute approximate surface area is 96.9 Å². The lowest BCUT2D eigenvalue weighted by Crippen LogP contribution is -2.50. The number of hydrogen-bond donors (Lipinski definition) is 0. The smallest absolute Gasteiger partial charge is 0.269 e. The largest absolute Gasteiger partial charge is 0.377 e. The van der Waals surface area contributed by atoms with E-state index in [1.165, 1.54) is 12.1 Å². The minimum Gasteiger partial charge on any atom is -0.377 e. The number of fused-ring (bicyclic) bond motifs is 1. The Bertz CT molecular complexity index is 510. The number of carbonyl (C=O) groups is 1. The average Bonchev–Trinajstić information content (AvgIpc) is 2.52. The molecule has 0 radical (unpaired) electrons. The van der Waals surface area contributed by atoms with Gasteiger partial charge in [0.1, 0.15) is 0 Å². The summed E-state index contributed by atoms with van der Waals surface area (Å²) in [5, 5.41) is 10.7. The van der Waals surface area contributed by atoms with Gasteiger partial charge in [0.2, 0.25) is 5.91 Å². The second kappa shape index (κ2) is 3.53. The molecule has 2 aliphatic heterocycles. The summed E-state index contributed by atoms with van der Waals surface area (Å²) in [5.74, 6) is -0.00574. The van der Waals surface area contributed by atoms with Gasteiger partial charge in [-0.05, 0) is 11.6 Å². The van der Waals surface area contributed by atoms with Crippen molar-refractivity contribution in [3.05, 3.63) is 33.9 Å². The lowest BCUT2D eigenvalue weighted by atomic mass is 10.1. The summed E-state index contributed by atoms with van der Waals surface area (Å²) in [4.78, 5) is 23.8. The van der Waals surface area contributed by atoms with Gasteiger partial charge in [-0.25, -0.2) is 0 Å². The van der Waals surface area contributed by atoms with Gasteiger partial charge in [0.15, 0.2) is 0 Å². The second-order valence-corrected chi connectivity index (χ2v) is 4.20. The van der Waals surface area contributed by atoms with Gasteiger partial charge in [-0.2, -0.15) is 0 Å². The summed E-state index contributed by atoms with van der Waals surface area (Å²) < 4.78 is 5.07. The van der Waals surface area contributed by atoms with E-state index in [1.54, 1.807) is 11.0 Å². The van der Waals surface area contributed by atoms with Crippen molar-refractivity contribution in [1.82, 2.24) is 0 Å². The number of amides is 1. The summed E-state index contributed by atoms with van der Waals surface area (Å²) in [7, 11) is 0. The van der Waals surface area contributed by atoms with Crippen molar-refractivity contribution in [2.75, 3.05) is 18.1 Å². The molecule has 0 N–H and O–H groups in total. The van der Waals surface area contributed by atoms with E-state index in [-0.39, 0.29) is 24.1 Å². The Kier molecular flexibility index (Phi) is 2.12. The van der Waals surface area contributed by atoms with Gasteiger partial charge in [0, 0.05) is 17.8 Å². The van der Waals surface area contributed by atoms with E-state index in [9.17, 15) is 14.9 Å². The normalized spacial score (nSPS) is 19.1. The number of rotatable bonds is 2. The highest BCUT2D eigenvalue weighted by Gasteiger charge is 2.37. The van der Waals surface area contributed by atoms with Gasteiger partial charge in [0.05, 0.1) is 30.6 Å². The van der Waals surface area contributed by atoms with Crippen molar-refractivity contribution in [3.8, 4) is 0 Å². The third-order valence-electron chi connectivity index (χ3n) is 3.13. The molecule has 0 spiro atoms. The highest BCUT2D eigenvalue weighted by atomic mass is 16.6. The maximum absolute atomic E-state index is 11.8. The molecule has 6 heteroatoms. The summed E-state index contributed by atoms with van der Waals surface area (Å²) in [6, 6.07) is 4.65. The number of anilines is 1. The molecule has 0 aliphatic carbocycles. The fourth-order valence-electron chi connectivity index (χ4n) is 2.22. The van der Waals surface area contributed by atoms with Crippen LogP contribution in [0.15, 0.2) is 18.2 Å². The van der Waals surface area contributed by atoms with Crippen LogP contribution in [-0.2, 0) is 16.0 Å². The molecular weight excluding hydrogens is 224 g/mol. The number of nitro groups is 1. The lowest BCUT2D eigenvalue weighted by Gasteiger charge is -2.34. The first-order valence-electron chi connectivity index (χ1n) is 5.34. The number of ether oxygens (including phenoxy) is 1. The van der Waals surface area contributed by atoms with Gasteiger partial charge >= 0.3 is 0 Å². The van der Waals surface area contributed by atoms with E-state index in [4.69, 9.17) is 4.74 Å². The molecule has 1 saturated heterocycles. The number of nitro benzene ring substituents is 1. The van der Waals surface area contributed by atoms with Gasteiger partial charge in [-0.15, -0.1) is 0 Å². The van der Waals surface area contributed by atoms with E-state index >= 15 is 0 Å². The third kappa shape index (κ3) is 1.49. The number of nitrogens with zero attached hydrogens (tertiary/aromatic N) is 2. The summed E-state index contributed by atoms with van der Waals surface area (Å²) in [5.41, 5.74) is 1.55. The number of non-ortho nitro benzene ring substituents is 1. The van der Waals surface area contributed by atoms with Crippen LogP contribution in [0.5, 0.6) is 0 Å². The fourth-order valence-corrected chi connectivity index (χ4v) is 2.22. The summed E-state index contributed by atoms with van der Waals surface area (Å²) in [6.45, 7) is 1.09. The molecule has 1 aromatic rings. The van der Waals surface area contributed by atoms with Gasteiger partial charge in [-0.3, -0.25) is 14.9 Å². The van der Waals surface area contributed by atoms with Crippen molar-refractivity contribution in [2.24, 2.45) is 0 Å². The van der Waals surface area contributed by atoms with Gasteiger partial charge in [0.25, 0.3) is 5.69 Å². The molecule has 2 aliphatic rings. The molecule has 6 nitrogen and oxygen atoms in total. The van der Waals surface area contributed by atoms with Crippen molar-refractivity contribution in [3.63, 3.8) is 0 Å². The van der Waals surface area contributed by atoms with Crippen LogP contribution >= 0.6 is 0 Å². The first-order chi connectivity index (χ1) is 8.16. The Morgan fingerprint density at radius 3 is 2.76 bits per heavy atom. The Hall–Kier alpha value is -1.95. The lowest BCUT2D eigenvalue weighted by molar-refractivity contribution is -0.384. The standard InChI is InChI=1S/C11H10N2O4/c14-11-4-7-3-8(13(15)16)1-2-10(7)12(11)9-5-17-6-9/h1-3,9H,4-6H2. The molecule has 0 unspecified atom stereocenters. The van der Waals surface area contributed by atoms with Crippen molar-refractivity contribution >= 4 is 17.3 Å². The molecule has 1 fully saturated rings. The summed E-state index contributed by atoms with van der Waals surface area (Å²) in [6.07, 6.45) is 0.244. The average molecular weight is 234 g/mol. The van der Waals surface area contributed by atoms with Crippen LogP contribution in [0.1, 0.15) is 5.56 Å². The molecule has 88 valence electrons. The molecular formula is C11H10N2O4. The SMILES string of the molecule is O=C1Cc2cc([N+](=O)[O-])ccc2N1C1COC1. The number of benzene rings is 1. The number of hydrogen-bond acceptors (Lipinski definition) is 4. The molecule has 2 heterocycles. The maximum Gasteiger partial charge on any atom is 0.269 e. The molecule has 0 atom stereocenters. The van der Waals surface area contributed by atoms with Gasteiger partial charge < -0.3 is 9.64 Å². The van der Waals surface area contributed by atoms with Crippen LogP contribution in [0.2, 0.25) is 0 Å². The Morgan fingerprint density at radius 2 is 2.18 bits per heavy atom. The zero-order chi connectivity index (χ0) is 12.0. The molecule has 0 saturated carbocycles. The minimum atomic E-state index is -0.445. The minimum absolute atomic E-state index is 0.00574. The number of carbonyl (C=O) groups excluding carboxylic acids is 1. The molecule has 17 heavy (non-hydrogen) atoms. The Morgan fingerprint density at radius 1 is 1.41 bits per heavy atom. The van der Waals surface area contributed by atoms with Crippen molar-refractivity contribution in [1.29, 1.82) is 0 Å². The highest BCUT2D eigenvalue weighted by molar-refractivity contribution is 6.02. The molecule has 0 bridgehead atoms. The van der Waals surface area contributed by atoms with Crippen molar-refractivity contribution < 1.29 is 14.5 Å². The van der Waals surface area contributed by atoms with Crippen LogP contribution in [0.4, 0.5) is 11.4 Å². The molecule has 1 amide bonds.